The number of carboxylic acid groups (broad SMARTS) is 1. The number of nitrogens with one attached hydrogen (secondary N) is 1. The van der Waals surface area contributed by atoms with Gasteiger partial charge in [0.1, 0.15) is 6.54 Å². The molecule has 0 fully saturated rings. The average molecular weight is 261 g/mol. The van der Waals surface area contributed by atoms with E-state index in [9.17, 15) is 9.59 Å². The first kappa shape index (κ1) is 14.5. The zero-order chi connectivity index (χ0) is 14.1. The monoisotopic (exact) mass is 261 g/mol. The predicted molar refractivity (Wildman–Crippen MR) is 69.4 cm³/mol. The summed E-state index contributed by atoms with van der Waals surface area (Å²) in [6, 6.07) is 3.22. The van der Waals surface area contributed by atoms with Crippen molar-refractivity contribution < 1.29 is 14.7 Å². The van der Waals surface area contributed by atoms with Gasteiger partial charge in [-0.15, -0.1) is 6.42 Å². The first-order valence-electron chi connectivity index (χ1n) is 5.70. The van der Waals surface area contributed by atoms with Crippen LogP contribution in [0.15, 0.2) is 24.5 Å². The Morgan fingerprint density at radius 2 is 2.11 bits per heavy atom. The second-order valence-electron chi connectivity index (χ2n) is 3.79. The number of hydrogen-bond donors (Lipinski definition) is 2. The lowest BCUT2D eigenvalue weighted by molar-refractivity contribution is -0.137. The summed E-state index contributed by atoms with van der Waals surface area (Å²) in [5.74, 6) is 1.16. The van der Waals surface area contributed by atoms with Crippen molar-refractivity contribution in [2.24, 2.45) is 0 Å². The highest BCUT2D eigenvalue weighted by atomic mass is 16.4. The van der Waals surface area contributed by atoms with Crippen LogP contribution in [-0.2, 0) is 11.2 Å². The van der Waals surface area contributed by atoms with Crippen LogP contribution >= 0.6 is 0 Å². The molecule has 19 heavy (non-hydrogen) atoms. The maximum absolute atomic E-state index is 11.7. The summed E-state index contributed by atoms with van der Waals surface area (Å²) in [5, 5.41) is 11.3. The number of terminal acetylenes is 1. The second kappa shape index (κ2) is 7.71. The molecule has 0 saturated carbocycles. The fourth-order valence-electron chi connectivity index (χ4n) is 1.45. The van der Waals surface area contributed by atoms with Gasteiger partial charge in [-0.2, -0.15) is 0 Å². The SMILES string of the molecule is C#CCN(CC(=O)O)C(=O)NCCc1ccncc1. The normalized spacial score (nSPS) is 9.42. The topological polar surface area (TPSA) is 82.5 Å². The van der Waals surface area contributed by atoms with Crippen LogP contribution in [0.3, 0.4) is 0 Å². The zero-order valence-electron chi connectivity index (χ0n) is 10.4. The summed E-state index contributed by atoms with van der Waals surface area (Å²) in [4.78, 5) is 27.2. The lowest BCUT2D eigenvalue weighted by Crippen LogP contribution is -2.43. The van der Waals surface area contributed by atoms with E-state index < -0.39 is 18.5 Å². The first-order chi connectivity index (χ1) is 9.13. The molecule has 1 aromatic rings. The number of urea groups is 1. The molecule has 0 aliphatic carbocycles. The van der Waals surface area contributed by atoms with Crippen molar-refractivity contribution in [3.8, 4) is 12.3 Å². The summed E-state index contributed by atoms with van der Waals surface area (Å²) in [6.45, 7) is -0.0395. The molecule has 0 aliphatic rings. The molecule has 0 unspecified atom stereocenters. The zero-order valence-corrected chi connectivity index (χ0v) is 10.4. The largest absolute Gasteiger partial charge is 0.480 e. The van der Waals surface area contributed by atoms with Crippen LogP contribution in [0.4, 0.5) is 4.79 Å². The lowest BCUT2D eigenvalue weighted by Gasteiger charge is -2.18. The third-order valence-electron chi connectivity index (χ3n) is 2.33. The van der Waals surface area contributed by atoms with Crippen LogP contribution in [0.2, 0.25) is 0 Å². The van der Waals surface area contributed by atoms with Crippen LogP contribution in [0, 0.1) is 12.3 Å². The third kappa shape index (κ3) is 5.55. The number of nitrogens with zero attached hydrogens (tertiary/aromatic N) is 2. The summed E-state index contributed by atoms with van der Waals surface area (Å²) in [5.41, 5.74) is 1.04. The Morgan fingerprint density at radius 3 is 2.68 bits per heavy atom. The average Bonchev–Trinajstić information content (AvgIpc) is 2.39. The number of amides is 2. The minimum atomic E-state index is -1.10. The highest BCUT2D eigenvalue weighted by Crippen LogP contribution is 1.96. The van der Waals surface area contributed by atoms with Gasteiger partial charge >= 0.3 is 12.0 Å². The van der Waals surface area contributed by atoms with Crippen molar-refractivity contribution in [3.05, 3.63) is 30.1 Å². The molecule has 6 nitrogen and oxygen atoms in total. The third-order valence-corrected chi connectivity index (χ3v) is 2.33. The van der Waals surface area contributed by atoms with Gasteiger partial charge in [0, 0.05) is 18.9 Å². The van der Waals surface area contributed by atoms with Crippen molar-refractivity contribution in [2.45, 2.75) is 6.42 Å². The molecule has 1 heterocycles. The highest BCUT2D eigenvalue weighted by Gasteiger charge is 2.14. The number of carbonyl (C=O) groups excluding carboxylic acids is 1. The van der Waals surface area contributed by atoms with Gasteiger partial charge in [0.15, 0.2) is 0 Å². The van der Waals surface area contributed by atoms with E-state index in [2.05, 4.69) is 16.2 Å². The predicted octanol–water partition coefficient (Wildman–Crippen LogP) is 0.353. The first-order valence-corrected chi connectivity index (χ1v) is 5.70. The van der Waals surface area contributed by atoms with Gasteiger partial charge < -0.3 is 15.3 Å². The number of carboxylic acids is 1. The fourth-order valence-corrected chi connectivity index (χ4v) is 1.45. The van der Waals surface area contributed by atoms with Gasteiger partial charge in [0.05, 0.1) is 6.54 Å². The van der Waals surface area contributed by atoms with Crippen LogP contribution < -0.4 is 5.32 Å². The molecule has 2 N–H and O–H groups in total. The summed E-state index contributed by atoms with van der Waals surface area (Å²) in [7, 11) is 0. The van der Waals surface area contributed by atoms with E-state index in [1.54, 1.807) is 12.4 Å². The minimum absolute atomic E-state index is 0.0343. The summed E-state index contributed by atoms with van der Waals surface area (Å²) < 4.78 is 0. The number of pyridine rings is 1. The molecule has 0 bridgehead atoms. The standard InChI is InChI=1S/C13H15N3O3/c1-2-9-16(10-12(17)18)13(19)15-8-5-11-3-6-14-7-4-11/h1,3-4,6-7H,5,8-10H2,(H,15,19)(H,17,18). The molecule has 100 valence electrons. The van der Waals surface area contributed by atoms with Crippen molar-refractivity contribution in [1.29, 1.82) is 0 Å². The second-order valence-corrected chi connectivity index (χ2v) is 3.79. The van der Waals surface area contributed by atoms with Crippen molar-refractivity contribution in [1.82, 2.24) is 15.2 Å². The molecule has 0 aromatic carbocycles. The molecule has 1 aromatic heterocycles. The van der Waals surface area contributed by atoms with Crippen LogP contribution in [-0.4, -0.2) is 46.6 Å². The molecule has 0 aliphatic heterocycles. The van der Waals surface area contributed by atoms with Gasteiger partial charge in [-0.3, -0.25) is 9.78 Å². The van der Waals surface area contributed by atoms with Gasteiger partial charge in [-0.25, -0.2) is 4.79 Å². The van der Waals surface area contributed by atoms with E-state index in [-0.39, 0.29) is 6.54 Å². The van der Waals surface area contributed by atoms with Crippen LogP contribution in [0.5, 0.6) is 0 Å². The van der Waals surface area contributed by atoms with E-state index in [0.717, 1.165) is 10.5 Å². The number of hydrogen-bond acceptors (Lipinski definition) is 3. The lowest BCUT2D eigenvalue weighted by atomic mass is 10.2. The Morgan fingerprint density at radius 1 is 1.42 bits per heavy atom. The van der Waals surface area contributed by atoms with Gasteiger partial charge in [-0.1, -0.05) is 5.92 Å². The molecule has 2 amide bonds. The minimum Gasteiger partial charge on any atom is -0.480 e. The van der Waals surface area contributed by atoms with Gasteiger partial charge in [-0.05, 0) is 24.1 Å². The molecule has 0 atom stereocenters. The Bertz CT molecular complexity index is 468. The Balaban J connectivity index is 2.40. The number of aromatic nitrogens is 1. The molecule has 1 rings (SSSR count). The van der Waals surface area contributed by atoms with E-state index in [0.29, 0.717) is 13.0 Å². The maximum Gasteiger partial charge on any atom is 0.323 e. The van der Waals surface area contributed by atoms with E-state index >= 15 is 0 Å². The Hall–Kier alpha value is -2.55. The summed E-state index contributed by atoms with van der Waals surface area (Å²) >= 11 is 0. The Labute approximate surface area is 111 Å². The number of carbonyl (C=O) groups is 2. The van der Waals surface area contributed by atoms with E-state index in [1.165, 1.54) is 0 Å². The van der Waals surface area contributed by atoms with Crippen molar-refractivity contribution in [2.75, 3.05) is 19.6 Å². The quantitative estimate of drug-likeness (QED) is 0.724. The smallest absolute Gasteiger partial charge is 0.323 e. The van der Waals surface area contributed by atoms with Crippen LogP contribution in [0.25, 0.3) is 0 Å². The molecule has 6 heteroatoms. The van der Waals surface area contributed by atoms with Crippen molar-refractivity contribution in [3.63, 3.8) is 0 Å². The molecular weight excluding hydrogens is 246 g/mol. The summed E-state index contributed by atoms with van der Waals surface area (Å²) in [6.07, 6.45) is 9.08. The maximum atomic E-state index is 11.7. The Kier molecular flexibility index (Phi) is 5.89. The number of rotatable bonds is 6. The molecular formula is C13H15N3O3. The highest BCUT2D eigenvalue weighted by molar-refractivity contribution is 5.80. The molecule has 0 radical (unpaired) electrons. The molecule has 0 spiro atoms. The van der Waals surface area contributed by atoms with E-state index in [1.807, 2.05) is 12.1 Å². The van der Waals surface area contributed by atoms with Crippen LogP contribution in [0.1, 0.15) is 5.56 Å². The fraction of sp³-hybridized carbons (Fsp3) is 0.308. The van der Waals surface area contributed by atoms with E-state index in [4.69, 9.17) is 11.5 Å². The van der Waals surface area contributed by atoms with Crippen molar-refractivity contribution >= 4 is 12.0 Å². The number of aliphatic carboxylic acids is 1. The molecule has 0 saturated heterocycles. The van der Waals surface area contributed by atoms with Gasteiger partial charge in [0.2, 0.25) is 0 Å². The van der Waals surface area contributed by atoms with Gasteiger partial charge in [0.25, 0.3) is 0 Å².